The molecular formula is C17H19F2N3O3. The molecule has 0 spiro atoms. The van der Waals surface area contributed by atoms with E-state index in [0.717, 1.165) is 37.8 Å². The van der Waals surface area contributed by atoms with Crippen LogP contribution in [0.4, 0.5) is 14.5 Å². The molecule has 1 aromatic carbocycles. The summed E-state index contributed by atoms with van der Waals surface area (Å²) in [4.78, 5) is 26.4. The third-order valence-corrected chi connectivity index (χ3v) is 4.22. The molecule has 134 valence electrons. The first-order chi connectivity index (χ1) is 12.0. The average molecular weight is 351 g/mol. The Morgan fingerprint density at radius 1 is 1.16 bits per heavy atom. The number of amides is 2. The monoisotopic (exact) mass is 351 g/mol. The number of anilines is 1. The standard InChI is InChI=1S/C17H19F2N3O3/c18-12-7-11-14(8-13(12)19)21-9-15(11)22-17(24)16(23)20-5-6-25-10-3-1-2-4-10/h7-10,21H,1-6H2,(H,20,23)(H,22,24). The summed E-state index contributed by atoms with van der Waals surface area (Å²) in [6.45, 7) is 0.581. The first-order valence-corrected chi connectivity index (χ1v) is 8.21. The number of carbonyl (C=O) groups excluding carboxylic acids is 2. The zero-order valence-electron chi connectivity index (χ0n) is 13.5. The van der Waals surface area contributed by atoms with E-state index >= 15 is 0 Å². The van der Waals surface area contributed by atoms with Gasteiger partial charge in [-0.1, -0.05) is 12.8 Å². The van der Waals surface area contributed by atoms with Gasteiger partial charge in [0.2, 0.25) is 0 Å². The van der Waals surface area contributed by atoms with E-state index in [4.69, 9.17) is 4.74 Å². The van der Waals surface area contributed by atoms with Crippen LogP contribution in [0, 0.1) is 11.6 Å². The zero-order chi connectivity index (χ0) is 17.8. The van der Waals surface area contributed by atoms with Crippen LogP contribution in [-0.2, 0) is 14.3 Å². The molecular weight excluding hydrogens is 332 g/mol. The van der Waals surface area contributed by atoms with Gasteiger partial charge in [0.25, 0.3) is 0 Å². The predicted molar refractivity (Wildman–Crippen MR) is 88.1 cm³/mol. The lowest BCUT2D eigenvalue weighted by Crippen LogP contribution is -2.37. The number of hydrogen-bond donors (Lipinski definition) is 3. The highest BCUT2D eigenvalue weighted by atomic mass is 19.2. The molecule has 1 fully saturated rings. The minimum atomic E-state index is -1.03. The van der Waals surface area contributed by atoms with Crippen LogP contribution in [-0.4, -0.2) is 36.1 Å². The van der Waals surface area contributed by atoms with Crippen LogP contribution in [0.15, 0.2) is 18.3 Å². The smallest absolute Gasteiger partial charge is 0.313 e. The van der Waals surface area contributed by atoms with Crippen molar-refractivity contribution in [2.24, 2.45) is 0 Å². The minimum Gasteiger partial charge on any atom is -0.376 e. The maximum Gasteiger partial charge on any atom is 0.313 e. The quantitative estimate of drug-likeness (QED) is 0.572. The summed E-state index contributed by atoms with van der Waals surface area (Å²) in [5, 5.41) is 5.13. The van der Waals surface area contributed by atoms with Gasteiger partial charge in [-0.3, -0.25) is 9.59 Å². The Labute approximate surface area is 142 Å². The second-order valence-electron chi connectivity index (χ2n) is 6.00. The molecule has 2 amide bonds. The summed E-state index contributed by atoms with van der Waals surface area (Å²) < 4.78 is 32.1. The van der Waals surface area contributed by atoms with Crippen LogP contribution in [0.25, 0.3) is 10.9 Å². The van der Waals surface area contributed by atoms with Crippen LogP contribution in [0.3, 0.4) is 0 Å². The van der Waals surface area contributed by atoms with E-state index in [-0.39, 0.29) is 23.7 Å². The van der Waals surface area contributed by atoms with Crippen LogP contribution in [0.5, 0.6) is 0 Å². The van der Waals surface area contributed by atoms with Gasteiger partial charge >= 0.3 is 11.8 Å². The molecule has 1 aliphatic carbocycles. The highest BCUT2D eigenvalue weighted by Crippen LogP contribution is 2.25. The fourth-order valence-electron chi connectivity index (χ4n) is 2.92. The summed E-state index contributed by atoms with van der Waals surface area (Å²) in [6.07, 6.45) is 6.01. The lowest BCUT2D eigenvalue weighted by atomic mass is 10.2. The Balaban J connectivity index is 1.51. The number of benzene rings is 1. The Kier molecular flexibility index (Phi) is 5.28. The minimum absolute atomic E-state index is 0.205. The van der Waals surface area contributed by atoms with Crippen molar-refractivity contribution in [1.82, 2.24) is 10.3 Å². The topological polar surface area (TPSA) is 83.2 Å². The lowest BCUT2D eigenvalue weighted by Gasteiger charge is -2.11. The van der Waals surface area contributed by atoms with Crippen LogP contribution >= 0.6 is 0 Å². The van der Waals surface area contributed by atoms with Crippen molar-refractivity contribution >= 4 is 28.4 Å². The molecule has 0 unspecified atom stereocenters. The first-order valence-electron chi connectivity index (χ1n) is 8.21. The van der Waals surface area contributed by atoms with E-state index in [9.17, 15) is 18.4 Å². The van der Waals surface area contributed by atoms with Crippen LogP contribution < -0.4 is 10.6 Å². The highest BCUT2D eigenvalue weighted by Gasteiger charge is 2.18. The summed E-state index contributed by atoms with van der Waals surface area (Å²) in [6, 6.07) is 1.95. The molecule has 1 heterocycles. The number of aromatic nitrogens is 1. The molecule has 8 heteroatoms. The lowest BCUT2D eigenvalue weighted by molar-refractivity contribution is -0.136. The number of ether oxygens (including phenoxy) is 1. The van der Waals surface area contributed by atoms with E-state index in [1.54, 1.807) is 0 Å². The van der Waals surface area contributed by atoms with Gasteiger partial charge in [-0.25, -0.2) is 8.78 Å². The fraction of sp³-hybridized carbons (Fsp3) is 0.412. The van der Waals surface area contributed by atoms with Gasteiger partial charge in [-0.2, -0.15) is 0 Å². The molecule has 3 N–H and O–H groups in total. The Morgan fingerprint density at radius 2 is 1.88 bits per heavy atom. The normalized spacial score (nSPS) is 14.8. The van der Waals surface area contributed by atoms with Crippen LogP contribution in [0.2, 0.25) is 0 Å². The highest BCUT2D eigenvalue weighted by molar-refractivity contribution is 6.40. The SMILES string of the molecule is O=C(NCCOC1CCCC1)C(=O)Nc1c[nH]c2cc(F)c(F)cc12. The van der Waals surface area contributed by atoms with Crippen molar-refractivity contribution in [2.75, 3.05) is 18.5 Å². The molecule has 0 bridgehead atoms. The Hall–Kier alpha value is -2.48. The van der Waals surface area contributed by atoms with E-state index in [0.29, 0.717) is 12.1 Å². The van der Waals surface area contributed by atoms with Gasteiger partial charge in [0.05, 0.1) is 23.9 Å². The summed E-state index contributed by atoms with van der Waals surface area (Å²) in [5.41, 5.74) is 0.524. The van der Waals surface area contributed by atoms with Crippen molar-refractivity contribution in [1.29, 1.82) is 0 Å². The summed E-state index contributed by atoms with van der Waals surface area (Å²) >= 11 is 0. The van der Waals surface area contributed by atoms with E-state index < -0.39 is 23.4 Å². The molecule has 1 aliphatic rings. The number of fused-ring (bicyclic) bond motifs is 1. The average Bonchev–Trinajstić information content (AvgIpc) is 3.23. The number of hydrogen-bond acceptors (Lipinski definition) is 3. The van der Waals surface area contributed by atoms with Gasteiger partial charge in [0.1, 0.15) is 0 Å². The second-order valence-corrected chi connectivity index (χ2v) is 6.00. The van der Waals surface area contributed by atoms with Crippen molar-refractivity contribution in [3.63, 3.8) is 0 Å². The molecule has 0 radical (unpaired) electrons. The number of halogens is 2. The largest absolute Gasteiger partial charge is 0.376 e. The number of rotatable bonds is 5. The Bertz CT molecular complexity index is 785. The van der Waals surface area contributed by atoms with E-state index in [1.165, 1.54) is 6.20 Å². The first kappa shape index (κ1) is 17.3. The maximum absolute atomic E-state index is 13.3. The summed E-state index contributed by atoms with van der Waals surface area (Å²) in [5.74, 6) is -3.72. The number of carbonyl (C=O) groups is 2. The fourth-order valence-corrected chi connectivity index (χ4v) is 2.92. The second kappa shape index (κ2) is 7.60. The third kappa shape index (κ3) is 4.14. The third-order valence-electron chi connectivity index (χ3n) is 4.22. The molecule has 25 heavy (non-hydrogen) atoms. The van der Waals surface area contributed by atoms with Gasteiger partial charge < -0.3 is 20.4 Å². The molecule has 0 atom stereocenters. The van der Waals surface area contributed by atoms with Crippen LogP contribution in [0.1, 0.15) is 25.7 Å². The molecule has 0 aliphatic heterocycles. The molecule has 1 aromatic heterocycles. The van der Waals surface area contributed by atoms with Crippen molar-refractivity contribution in [3.8, 4) is 0 Å². The Morgan fingerprint density at radius 3 is 2.64 bits per heavy atom. The van der Waals surface area contributed by atoms with Crippen molar-refractivity contribution in [3.05, 3.63) is 30.0 Å². The van der Waals surface area contributed by atoms with Crippen molar-refractivity contribution in [2.45, 2.75) is 31.8 Å². The van der Waals surface area contributed by atoms with E-state index in [1.807, 2.05) is 0 Å². The van der Waals surface area contributed by atoms with Crippen molar-refractivity contribution < 1.29 is 23.1 Å². The van der Waals surface area contributed by atoms with Gasteiger partial charge in [-0.15, -0.1) is 0 Å². The molecule has 2 aromatic rings. The zero-order valence-corrected chi connectivity index (χ0v) is 13.5. The molecule has 6 nitrogen and oxygen atoms in total. The number of aromatic amines is 1. The van der Waals surface area contributed by atoms with E-state index in [2.05, 4.69) is 15.6 Å². The van der Waals surface area contributed by atoms with Gasteiger partial charge in [-0.05, 0) is 18.9 Å². The predicted octanol–water partition coefficient (Wildman–Crippen LogP) is 2.46. The molecule has 3 rings (SSSR count). The molecule has 0 saturated heterocycles. The molecule has 1 saturated carbocycles. The maximum atomic E-state index is 13.3. The van der Waals surface area contributed by atoms with Gasteiger partial charge in [0.15, 0.2) is 11.6 Å². The number of nitrogens with one attached hydrogen (secondary N) is 3. The summed E-state index contributed by atoms with van der Waals surface area (Å²) in [7, 11) is 0. The number of H-pyrrole nitrogens is 1. The van der Waals surface area contributed by atoms with Gasteiger partial charge in [0, 0.05) is 24.2 Å².